The van der Waals surface area contributed by atoms with E-state index in [2.05, 4.69) is 5.32 Å². The van der Waals surface area contributed by atoms with Crippen molar-refractivity contribution in [2.24, 2.45) is 5.73 Å². The molecule has 0 bridgehead atoms. The van der Waals surface area contributed by atoms with E-state index in [-0.39, 0.29) is 23.0 Å². The fourth-order valence-corrected chi connectivity index (χ4v) is 1.96. The van der Waals surface area contributed by atoms with Crippen LogP contribution in [0.2, 0.25) is 5.02 Å². The molecule has 0 spiro atoms. The van der Waals surface area contributed by atoms with E-state index in [9.17, 15) is 13.6 Å². The first-order valence-electron chi connectivity index (χ1n) is 7.29. The molecule has 0 aromatic heterocycles. The van der Waals surface area contributed by atoms with E-state index >= 15 is 0 Å². The van der Waals surface area contributed by atoms with Gasteiger partial charge < -0.3 is 20.5 Å². The van der Waals surface area contributed by atoms with Crippen molar-refractivity contribution in [1.29, 1.82) is 0 Å². The smallest absolute Gasteiger partial charge is 0.277 e. The Morgan fingerprint density at radius 3 is 2.54 bits per heavy atom. The predicted octanol–water partition coefficient (Wildman–Crippen LogP) is 3.27. The van der Waals surface area contributed by atoms with E-state index in [0.29, 0.717) is 24.7 Å². The average molecular weight is 387 g/mol. The van der Waals surface area contributed by atoms with E-state index in [0.717, 1.165) is 6.42 Å². The molecule has 1 rings (SSSR count). The Balaban J connectivity index is 0.00000529. The lowest BCUT2D eigenvalue weighted by Crippen LogP contribution is -2.41. The van der Waals surface area contributed by atoms with Crippen LogP contribution < -0.4 is 20.5 Å². The van der Waals surface area contributed by atoms with E-state index in [4.69, 9.17) is 26.8 Å². The molecule has 3 N–H and O–H groups in total. The van der Waals surface area contributed by atoms with Gasteiger partial charge in [-0.25, -0.2) is 8.78 Å². The molecule has 1 aromatic carbocycles. The molecule has 0 saturated carbocycles. The first kappa shape index (κ1) is 22.7. The Kier molecular flexibility index (Phi) is 9.96. The minimum atomic E-state index is -3.16. The van der Waals surface area contributed by atoms with E-state index in [1.54, 1.807) is 6.92 Å². The Morgan fingerprint density at radius 2 is 2.00 bits per heavy atom. The van der Waals surface area contributed by atoms with Gasteiger partial charge in [0.15, 0.2) is 11.5 Å². The standard InChI is InChI=1S/C15H21ClF2N2O3.ClH/c1-3-5-23-13-11(16)6-10(7-12(13)22-4-2)14(21)20-9-15(17,18)8-19;/h6-7H,3-5,8-9,19H2,1-2H3,(H,20,21);1H. The summed E-state index contributed by atoms with van der Waals surface area (Å²) in [7, 11) is 0. The lowest BCUT2D eigenvalue weighted by atomic mass is 10.1. The minimum absolute atomic E-state index is 0. The first-order chi connectivity index (χ1) is 10.8. The van der Waals surface area contributed by atoms with Gasteiger partial charge >= 0.3 is 0 Å². The van der Waals surface area contributed by atoms with Crippen molar-refractivity contribution in [3.05, 3.63) is 22.7 Å². The second kappa shape index (κ2) is 10.5. The van der Waals surface area contributed by atoms with E-state index in [1.165, 1.54) is 12.1 Å². The number of carbonyl (C=O) groups excluding carboxylic acids is 1. The van der Waals surface area contributed by atoms with Gasteiger partial charge in [0, 0.05) is 5.56 Å². The first-order valence-corrected chi connectivity index (χ1v) is 7.67. The number of hydrogen-bond donors (Lipinski definition) is 2. The summed E-state index contributed by atoms with van der Waals surface area (Å²) in [5, 5.41) is 2.31. The molecule has 0 unspecified atom stereocenters. The van der Waals surface area contributed by atoms with Gasteiger partial charge in [-0.3, -0.25) is 4.79 Å². The summed E-state index contributed by atoms with van der Waals surface area (Å²) in [4.78, 5) is 12.0. The molecule has 0 heterocycles. The zero-order valence-corrected chi connectivity index (χ0v) is 15.1. The fraction of sp³-hybridized carbons (Fsp3) is 0.533. The SMILES string of the molecule is CCCOc1c(Cl)cc(C(=O)NCC(F)(F)CN)cc1OCC.Cl. The number of nitrogens with two attached hydrogens (primary N) is 1. The van der Waals surface area contributed by atoms with E-state index < -0.39 is 24.9 Å². The molecule has 0 aliphatic carbocycles. The largest absolute Gasteiger partial charge is 0.490 e. The van der Waals surface area contributed by atoms with Gasteiger partial charge in [0.05, 0.1) is 31.3 Å². The van der Waals surface area contributed by atoms with Gasteiger partial charge in [-0.15, -0.1) is 12.4 Å². The maximum Gasteiger partial charge on any atom is 0.277 e. The van der Waals surface area contributed by atoms with Gasteiger partial charge in [0.2, 0.25) is 0 Å². The molecule has 0 radical (unpaired) electrons. The number of amides is 1. The predicted molar refractivity (Wildman–Crippen MR) is 92.0 cm³/mol. The van der Waals surface area contributed by atoms with Crippen molar-refractivity contribution < 1.29 is 23.0 Å². The molecular formula is C15H22Cl2F2N2O3. The Labute approximate surface area is 151 Å². The molecular weight excluding hydrogens is 365 g/mol. The summed E-state index contributed by atoms with van der Waals surface area (Å²) >= 11 is 6.11. The third kappa shape index (κ3) is 6.67. The van der Waals surface area contributed by atoms with Gasteiger partial charge in [-0.2, -0.15) is 0 Å². The maximum absolute atomic E-state index is 13.1. The van der Waals surface area contributed by atoms with Crippen LogP contribution in [0.25, 0.3) is 0 Å². The number of halogens is 4. The highest BCUT2D eigenvalue weighted by Crippen LogP contribution is 2.36. The highest BCUT2D eigenvalue weighted by molar-refractivity contribution is 6.32. The van der Waals surface area contributed by atoms with E-state index in [1.807, 2.05) is 6.92 Å². The van der Waals surface area contributed by atoms with Crippen LogP contribution in [0, 0.1) is 0 Å². The highest BCUT2D eigenvalue weighted by atomic mass is 35.5. The normalized spacial score (nSPS) is 10.8. The monoisotopic (exact) mass is 386 g/mol. The third-order valence-corrected chi connectivity index (χ3v) is 3.11. The molecule has 24 heavy (non-hydrogen) atoms. The molecule has 5 nitrogen and oxygen atoms in total. The fourth-order valence-electron chi connectivity index (χ4n) is 1.69. The van der Waals surface area contributed by atoms with Gasteiger partial charge in [-0.05, 0) is 25.5 Å². The third-order valence-electron chi connectivity index (χ3n) is 2.83. The molecule has 9 heteroatoms. The lowest BCUT2D eigenvalue weighted by Gasteiger charge is -2.16. The molecule has 1 aromatic rings. The summed E-state index contributed by atoms with van der Waals surface area (Å²) < 4.78 is 37.1. The van der Waals surface area contributed by atoms with Crippen molar-refractivity contribution in [2.45, 2.75) is 26.2 Å². The van der Waals surface area contributed by atoms with Crippen LogP contribution in [0.3, 0.4) is 0 Å². The molecule has 138 valence electrons. The number of benzene rings is 1. The molecule has 1 amide bonds. The topological polar surface area (TPSA) is 73.6 Å². The minimum Gasteiger partial charge on any atom is -0.490 e. The summed E-state index contributed by atoms with van der Waals surface area (Å²) in [5.41, 5.74) is 5.03. The maximum atomic E-state index is 13.1. The lowest BCUT2D eigenvalue weighted by molar-refractivity contribution is 0.0118. The Morgan fingerprint density at radius 1 is 1.33 bits per heavy atom. The van der Waals surface area contributed by atoms with Crippen LogP contribution in [0.4, 0.5) is 8.78 Å². The van der Waals surface area contributed by atoms with Crippen molar-refractivity contribution in [2.75, 3.05) is 26.3 Å². The summed E-state index contributed by atoms with van der Waals surface area (Å²) in [6.45, 7) is 2.79. The number of hydrogen-bond acceptors (Lipinski definition) is 4. The summed E-state index contributed by atoms with van der Waals surface area (Å²) in [5.74, 6) is -3.22. The van der Waals surface area contributed by atoms with Crippen LogP contribution in [-0.2, 0) is 0 Å². The Hall–Kier alpha value is -1.31. The second-order valence-electron chi connectivity index (χ2n) is 4.81. The molecule has 0 fully saturated rings. The van der Waals surface area contributed by atoms with Crippen LogP contribution >= 0.6 is 24.0 Å². The van der Waals surface area contributed by atoms with Crippen molar-refractivity contribution in [3.63, 3.8) is 0 Å². The van der Waals surface area contributed by atoms with Gasteiger partial charge in [0.25, 0.3) is 11.8 Å². The van der Waals surface area contributed by atoms with Crippen LogP contribution in [-0.4, -0.2) is 38.1 Å². The average Bonchev–Trinajstić information content (AvgIpc) is 2.52. The van der Waals surface area contributed by atoms with Crippen LogP contribution in [0.1, 0.15) is 30.6 Å². The molecule has 0 aliphatic heterocycles. The Bertz CT molecular complexity index is 546. The molecule has 0 aliphatic rings. The van der Waals surface area contributed by atoms with Crippen molar-refractivity contribution >= 4 is 29.9 Å². The molecule has 0 saturated heterocycles. The van der Waals surface area contributed by atoms with Crippen LogP contribution in [0.15, 0.2) is 12.1 Å². The van der Waals surface area contributed by atoms with Gasteiger partial charge in [0.1, 0.15) is 0 Å². The van der Waals surface area contributed by atoms with Crippen molar-refractivity contribution in [1.82, 2.24) is 5.32 Å². The number of carbonyl (C=O) groups is 1. The number of rotatable bonds is 9. The summed E-state index contributed by atoms with van der Waals surface area (Å²) in [6, 6.07) is 2.77. The summed E-state index contributed by atoms with van der Waals surface area (Å²) in [6.07, 6.45) is 0.776. The van der Waals surface area contributed by atoms with Crippen LogP contribution in [0.5, 0.6) is 11.5 Å². The zero-order valence-electron chi connectivity index (χ0n) is 13.5. The number of ether oxygens (including phenoxy) is 2. The number of alkyl halides is 2. The second-order valence-corrected chi connectivity index (χ2v) is 5.22. The number of nitrogens with one attached hydrogen (secondary N) is 1. The van der Waals surface area contributed by atoms with Crippen molar-refractivity contribution in [3.8, 4) is 11.5 Å². The van der Waals surface area contributed by atoms with Gasteiger partial charge in [-0.1, -0.05) is 18.5 Å². The highest BCUT2D eigenvalue weighted by Gasteiger charge is 2.27. The zero-order chi connectivity index (χ0) is 17.5. The quantitative estimate of drug-likeness (QED) is 0.682. The molecule has 0 atom stereocenters.